The van der Waals surface area contributed by atoms with E-state index in [0.717, 1.165) is 0 Å². The molecule has 0 spiro atoms. The summed E-state index contributed by atoms with van der Waals surface area (Å²) in [6.07, 6.45) is 1.78. The number of nitrogens with one attached hydrogen (secondary N) is 1. The summed E-state index contributed by atoms with van der Waals surface area (Å²) in [6, 6.07) is 0. The molecule has 0 aromatic carbocycles. The van der Waals surface area contributed by atoms with Gasteiger partial charge in [-0.2, -0.15) is 0 Å². The highest BCUT2D eigenvalue weighted by atomic mass is 32.2. The van der Waals surface area contributed by atoms with Gasteiger partial charge in [0.05, 0.1) is 16.2 Å². The van der Waals surface area contributed by atoms with Crippen LogP contribution in [0.4, 0.5) is 0 Å². The number of nitrogens with two attached hydrogens (primary N) is 2. The molecule has 2 amide bonds. The molecule has 0 aliphatic carbocycles. The molecule has 0 radical (unpaired) electrons. The summed E-state index contributed by atoms with van der Waals surface area (Å²) in [7, 11) is 0. The van der Waals surface area contributed by atoms with E-state index in [1.807, 2.05) is 0 Å². The third kappa shape index (κ3) is 1.60. The molecule has 6 heteroatoms. The van der Waals surface area contributed by atoms with E-state index >= 15 is 0 Å². The molecule has 0 fully saturated rings. The summed E-state index contributed by atoms with van der Waals surface area (Å²) in [5.74, 6) is -1.29. The zero-order valence-electron chi connectivity index (χ0n) is 7.88. The number of amides is 2. The Kier molecular flexibility index (Phi) is 2.85. The first-order chi connectivity index (χ1) is 6.49. The maximum Gasteiger partial charge on any atom is 0.252 e. The minimum absolute atomic E-state index is 0.182. The molecule has 0 aliphatic rings. The fraction of sp³-hybridized carbons (Fsp3) is 0.250. The quantitative estimate of drug-likeness (QED) is 0.627. The van der Waals surface area contributed by atoms with Crippen LogP contribution in [0.25, 0.3) is 0 Å². The Bertz CT molecular complexity index is 398. The standard InChI is InChI=1S/C8H11N3O2S/c1-3-4(6(9)12)5(7(10)13)8(11-3)14-2/h11H,1-2H3,(H2,9,12)(H2,10,13). The number of hydrogen-bond donors (Lipinski definition) is 3. The first kappa shape index (κ1) is 10.6. The molecule has 1 aromatic rings. The zero-order chi connectivity index (χ0) is 10.9. The van der Waals surface area contributed by atoms with Crippen molar-refractivity contribution in [3.63, 3.8) is 0 Å². The Morgan fingerprint density at radius 1 is 1.21 bits per heavy atom. The average molecular weight is 213 g/mol. The van der Waals surface area contributed by atoms with Crippen molar-refractivity contribution >= 4 is 23.6 Å². The highest BCUT2D eigenvalue weighted by Gasteiger charge is 2.22. The summed E-state index contributed by atoms with van der Waals surface area (Å²) in [6.45, 7) is 1.67. The molecule has 1 aromatic heterocycles. The highest BCUT2D eigenvalue weighted by Crippen LogP contribution is 2.24. The van der Waals surface area contributed by atoms with Gasteiger partial charge in [-0.15, -0.1) is 11.8 Å². The zero-order valence-corrected chi connectivity index (χ0v) is 8.70. The molecule has 0 unspecified atom stereocenters. The van der Waals surface area contributed by atoms with Crippen LogP contribution < -0.4 is 11.5 Å². The minimum atomic E-state index is -0.646. The van der Waals surface area contributed by atoms with Crippen LogP contribution >= 0.6 is 11.8 Å². The molecule has 5 nitrogen and oxygen atoms in total. The SMILES string of the molecule is CSc1[nH]c(C)c(C(N)=O)c1C(N)=O. The van der Waals surface area contributed by atoms with Crippen LogP contribution in [0.5, 0.6) is 0 Å². The van der Waals surface area contributed by atoms with Crippen molar-refractivity contribution in [2.45, 2.75) is 11.9 Å². The van der Waals surface area contributed by atoms with Crippen LogP contribution in [0, 0.1) is 6.92 Å². The number of aromatic nitrogens is 1. The number of H-pyrrole nitrogens is 1. The maximum atomic E-state index is 11.1. The van der Waals surface area contributed by atoms with Gasteiger partial charge in [-0.25, -0.2) is 0 Å². The van der Waals surface area contributed by atoms with Crippen molar-refractivity contribution in [3.8, 4) is 0 Å². The van der Waals surface area contributed by atoms with Crippen LogP contribution in [0.1, 0.15) is 26.4 Å². The summed E-state index contributed by atoms with van der Waals surface area (Å²) in [5.41, 5.74) is 11.2. The fourth-order valence-electron chi connectivity index (χ4n) is 1.29. The molecular formula is C8H11N3O2S. The number of aromatic amines is 1. The Labute approximate surface area is 85.2 Å². The monoisotopic (exact) mass is 213 g/mol. The Morgan fingerprint density at radius 3 is 2.07 bits per heavy atom. The predicted molar refractivity (Wildman–Crippen MR) is 54.3 cm³/mol. The first-order valence-electron chi connectivity index (χ1n) is 3.85. The van der Waals surface area contributed by atoms with Crippen molar-refractivity contribution in [3.05, 3.63) is 16.8 Å². The number of carbonyl (C=O) groups excluding carboxylic acids is 2. The number of thioether (sulfide) groups is 1. The number of hydrogen-bond acceptors (Lipinski definition) is 3. The van der Waals surface area contributed by atoms with E-state index in [2.05, 4.69) is 4.98 Å². The third-order valence-electron chi connectivity index (χ3n) is 1.85. The highest BCUT2D eigenvalue weighted by molar-refractivity contribution is 7.98. The van der Waals surface area contributed by atoms with Gasteiger partial charge in [0.2, 0.25) is 0 Å². The molecular weight excluding hydrogens is 202 g/mol. The largest absolute Gasteiger partial charge is 0.366 e. The fourth-order valence-corrected chi connectivity index (χ4v) is 1.95. The van der Waals surface area contributed by atoms with E-state index in [9.17, 15) is 9.59 Å². The number of primary amides is 2. The van der Waals surface area contributed by atoms with E-state index < -0.39 is 11.8 Å². The van der Waals surface area contributed by atoms with Crippen LogP contribution in [0.15, 0.2) is 5.03 Å². The maximum absolute atomic E-state index is 11.1. The average Bonchev–Trinajstić information content (AvgIpc) is 2.41. The second kappa shape index (κ2) is 3.75. The lowest BCUT2D eigenvalue weighted by Crippen LogP contribution is -2.20. The Hall–Kier alpha value is -1.43. The van der Waals surface area contributed by atoms with E-state index in [0.29, 0.717) is 10.7 Å². The summed E-state index contributed by atoms with van der Waals surface area (Å²) >= 11 is 1.31. The van der Waals surface area contributed by atoms with Crippen LogP contribution in [0.3, 0.4) is 0 Å². The first-order valence-corrected chi connectivity index (χ1v) is 5.07. The lowest BCUT2D eigenvalue weighted by atomic mass is 10.1. The molecule has 0 saturated heterocycles. The lowest BCUT2D eigenvalue weighted by Gasteiger charge is -1.98. The van der Waals surface area contributed by atoms with Gasteiger partial charge in [-0.05, 0) is 13.2 Å². The molecule has 1 heterocycles. The number of aryl methyl sites for hydroxylation is 1. The molecule has 0 atom stereocenters. The normalized spacial score (nSPS) is 10.1. The van der Waals surface area contributed by atoms with Crippen LogP contribution in [-0.2, 0) is 0 Å². The van der Waals surface area contributed by atoms with Gasteiger partial charge in [-0.3, -0.25) is 9.59 Å². The van der Waals surface area contributed by atoms with Gasteiger partial charge < -0.3 is 16.5 Å². The van der Waals surface area contributed by atoms with E-state index in [1.165, 1.54) is 11.8 Å². The Balaban J connectivity index is 3.46. The lowest BCUT2D eigenvalue weighted by molar-refractivity contribution is 0.0966. The topological polar surface area (TPSA) is 102 Å². The molecule has 0 bridgehead atoms. The van der Waals surface area contributed by atoms with Crippen molar-refractivity contribution in [1.82, 2.24) is 4.98 Å². The van der Waals surface area contributed by atoms with Crippen molar-refractivity contribution in [2.24, 2.45) is 11.5 Å². The Morgan fingerprint density at radius 2 is 1.71 bits per heavy atom. The van der Waals surface area contributed by atoms with Gasteiger partial charge >= 0.3 is 0 Å². The van der Waals surface area contributed by atoms with Gasteiger partial charge in [0.15, 0.2) is 0 Å². The van der Waals surface area contributed by atoms with Gasteiger partial charge in [0.1, 0.15) is 0 Å². The number of rotatable bonds is 3. The summed E-state index contributed by atoms with van der Waals surface area (Å²) in [5, 5.41) is 0.573. The predicted octanol–water partition coefficient (Wildman–Crippen LogP) is 0.243. The van der Waals surface area contributed by atoms with Crippen molar-refractivity contribution in [1.29, 1.82) is 0 Å². The van der Waals surface area contributed by atoms with Crippen LogP contribution in [0.2, 0.25) is 0 Å². The van der Waals surface area contributed by atoms with Crippen molar-refractivity contribution < 1.29 is 9.59 Å². The molecule has 5 N–H and O–H groups in total. The van der Waals surface area contributed by atoms with Crippen molar-refractivity contribution in [2.75, 3.05) is 6.26 Å². The molecule has 0 aliphatic heterocycles. The summed E-state index contributed by atoms with van der Waals surface area (Å²) < 4.78 is 0. The summed E-state index contributed by atoms with van der Waals surface area (Å²) in [4.78, 5) is 25.0. The molecule has 1 rings (SSSR count). The smallest absolute Gasteiger partial charge is 0.252 e. The second-order valence-electron chi connectivity index (χ2n) is 2.76. The molecule has 76 valence electrons. The van der Waals surface area contributed by atoms with E-state index in [4.69, 9.17) is 11.5 Å². The second-order valence-corrected chi connectivity index (χ2v) is 3.58. The van der Waals surface area contributed by atoms with Gasteiger partial charge in [0.25, 0.3) is 11.8 Å². The number of carbonyl (C=O) groups is 2. The van der Waals surface area contributed by atoms with Gasteiger partial charge in [0, 0.05) is 5.69 Å². The van der Waals surface area contributed by atoms with E-state index in [1.54, 1.807) is 13.2 Å². The van der Waals surface area contributed by atoms with Crippen LogP contribution in [-0.4, -0.2) is 23.1 Å². The minimum Gasteiger partial charge on any atom is -0.366 e. The molecule has 0 saturated carbocycles. The van der Waals surface area contributed by atoms with E-state index in [-0.39, 0.29) is 11.1 Å². The molecule has 14 heavy (non-hydrogen) atoms. The third-order valence-corrected chi connectivity index (χ3v) is 2.56. The van der Waals surface area contributed by atoms with Gasteiger partial charge in [-0.1, -0.05) is 0 Å².